The predicted octanol–water partition coefficient (Wildman–Crippen LogP) is 2.16. The molecule has 1 aromatic carbocycles. The van der Waals surface area contributed by atoms with Crippen LogP contribution in [0.2, 0.25) is 0 Å². The number of aromatic nitrogens is 3. The number of nitrogens with zero attached hydrogens (tertiary/aromatic N) is 3. The van der Waals surface area contributed by atoms with Crippen LogP contribution in [0, 0.1) is 0 Å². The number of carbonyl (C=O) groups is 1. The minimum Gasteiger partial charge on any atom is -0.397 e. The standard InChI is InChI=1S/C13H11N5OS/c14-11-5-6-20-12(11)13(19)17-9-1-3-10(4-2-9)18-8-15-7-16-18/h1-8H,14H2,(H,17,19). The van der Waals surface area contributed by atoms with Crippen molar-refractivity contribution in [3.63, 3.8) is 0 Å². The number of nitrogens with two attached hydrogens (primary N) is 1. The normalized spacial score (nSPS) is 10.4. The number of nitrogen functional groups attached to an aromatic ring is 1. The molecule has 2 aromatic heterocycles. The summed E-state index contributed by atoms with van der Waals surface area (Å²) in [7, 11) is 0. The van der Waals surface area contributed by atoms with Crippen LogP contribution in [0.25, 0.3) is 5.69 Å². The first-order valence-electron chi connectivity index (χ1n) is 5.83. The highest BCUT2D eigenvalue weighted by Crippen LogP contribution is 2.21. The first kappa shape index (κ1) is 12.4. The lowest BCUT2D eigenvalue weighted by molar-refractivity contribution is 0.103. The molecule has 0 bridgehead atoms. The summed E-state index contributed by atoms with van der Waals surface area (Å²) in [4.78, 5) is 16.4. The Hall–Kier alpha value is -2.67. The van der Waals surface area contributed by atoms with Gasteiger partial charge < -0.3 is 11.1 Å². The molecule has 0 atom stereocenters. The van der Waals surface area contributed by atoms with E-state index < -0.39 is 0 Å². The molecular weight excluding hydrogens is 274 g/mol. The third-order valence-electron chi connectivity index (χ3n) is 2.71. The topological polar surface area (TPSA) is 85.8 Å². The third kappa shape index (κ3) is 2.39. The Morgan fingerprint density at radius 1 is 1.25 bits per heavy atom. The largest absolute Gasteiger partial charge is 0.397 e. The van der Waals surface area contributed by atoms with Gasteiger partial charge in [0.05, 0.1) is 11.4 Å². The van der Waals surface area contributed by atoms with Gasteiger partial charge in [-0.3, -0.25) is 4.79 Å². The summed E-state index contributed by atoms with van der Waals surface area (Å²) in [5, 5.41) is 8.63. The Balaban J connectivity index is 1.76. The second-order valence-corrected chi connectivity index (χ2v) is 4.96. The average Bonchev–Trinajstić information content (AvgIpc) is 3.10. The number of nitrogens with one attached hydrogen (secondary N) is 1. The van der Waals surface area contributed by atoms with Gasteiger partial charge in [0.15, 0.2) is 0 Å². The van der Waals surface area contributed by atoms with E-state index >= 15 is 0 Å². The molecule has 0 radical (unpaired) electrons. The number of hydrogen-bond acceptors (Lipinski definition) is 5. The molecule has 100 valence electrons. The maximum absolute atomic E-state index is 12.0. The molecule has 0 aliphatic heterocycles. The van der Waals surface area contributed by atoms with Crippen molar-refractivity contribution in [2.45, 2.75) is 0 Å². The maximum atomic E-state index is 12.0. The minimum absolute atomic E-state index is 0.203. The van der Waals surface area contributed by atoms with Crippen LogP contribution in [0.4, 0.5) is 11.4 Å². The Kier molecular flexibility index (Phi) is 3.18. The molecule has 0 aliphatic rings. The molecule has 0 fully saturated rings. The van der Waals surface area contributed by atoms with Gasteiger partial charge >= 0.3 is 0 Å². The zero-order chi connectivity index (χ0) is 13.9. The van der Waals surface area contributed by atoms with Crippen molar-refractivity contribution in [1.29, 1.82) is 0 Å². The van der Waals surface area contributed by atoms with Crippen LogP contribution < -0.4 is 11.1 Å². The predicted molar refractivity (Wildman–Crippen MR) is 78.0 cm³/mol. The van der Waals surface area contributed by atoms with E-state index in [0.29, 0.717) is 16.3 Å². The van der Waals surface area contributed by atoms with Crippen molar-refractivity contribution in [2.24, 2.45) is 0 Å². The first-order chi connectivity index (χ1) is 9.74. The van der Waals surface area contributed by atoms with Crippen LogP contribution in [-0.4, -0.2) is 20.7 Å². The van der Waals surface area contributed by atoms with Crippen molar-refractivity contribution in [2.75, 3.05) is 11.1 Å². The van der Waals surface area contributed by atoms with Gasteiger partial charge in [0.25, 0.3) is 5.91 Å². The Bertz CT molecular complexity index is 718. The molecule has 3 aromatic rings. The van der Waals surface area contributed by atoms with Crippen molar-refractivity contribution >= 4 is 28.6 Å². The minimum atomic E-state index is -0.203. The summed E-state index contributed by atoms with van der Waals surface area (Å²) in [6.07, 6.45) is 3.08. The van der Waals surface area contributed by atoms with Gasteiger partial charge in [-0.1, -0.05) is 0 Å². The first-order valence-corrected chi connectivity index (χ1v) is 6.71. The summed E-state index contributed by atoms with van der Waals surface area (Å²) in [5.41, 5.74) is 7.78. The summed E-state index contributed by atoms with van der Waals surface area (Å²) in [6.45, 7) is 0. The number of rotatable bonds is 3. The highest BCUT2D eigenvalue weighted by Gasteiger charge is 2.11. The zero-order valence-electron chi connectivity index (χ0n) is 10.4. The Morgan fingerprint density at radius 3 is 2.65 bits per heavy atom. The number of thiophene rings is 1. The smallest absolute Gasteiger partial charge is 0.267 e. The van der Waals surface area contributed by atoms with Gasteiger partial charge in [-0.05, 0) is 35.7 Å². The van der Waals surface area contributed by atoms with Gasteiger partial charge in [-0.25, -0.2) is 9.67 Å². The maximum Gasteiger partial charge on any atom is 0.267 e. The number of carbonyl (C=O) groups excluding carboxylic acids is 1. The van der Waals surface area contributed by atoms with E-state index in [0.717, 1.165) is 5.69 Å². The van der Waals surface area contributed by atoms with Crippen LogP contribution in [0.1, 0.15) is 9.67 Å². The lowest BCUT2D eigenvalue weighted by atomic mass is 10.2. The average molecular weight is 285 g/mol. The summed E-state index contributed by atoms with van der Waals surface area (Å²) >= 11 is 1.32. The highest BCUT2D eigenvalue weighted by molar-refractivity contribution is 7.12. The van der Waals surface area contributed by atoms with Gasteiger partial charge in [0.1, 0.15) is 17.5 Å². The zero-order valence-corrected chi connectivity index (χ0v) is 11.2. The van der Waals surface area contributed by atoms with Gasteiger partial charge in [0.2, 0.25) is 0 Å². The number of benzene rings is 1. The van der Waals surface area contributed by atoms with Crippen LogP contribution in [-0.2, 0) is 0 Å². The molecule has 2 heterocycles. The molecular formula is C13H11N5OS. The number of amides is 1. The molecule has 3 N–H and O–H groups in total. The fourth-order valence-corrected chi connectivity index (χ4v) is 2.44. The van der Waals surface area contributed by atoms with E-state index in [4.69, 9.17) is 5.73 Å². The number of anilines is 2. The van der Waals surface area contributed by atoms with Crippen LogP contribution >= 0.6 is 11.3 Å². The quantitative estimate of drug-likeness (QED) is 0.772. The van der Waals surface area contributed by atoms with E-state index in [-0.39, 0.29) is 5.91 Å². The third-order valence-corrected chi connectivity index (χ3v) is 3.64. The van der Waals surface area contributed by atoms with Crippen LogP contribution in [0.5, 0.6) is 0 Å². The van der Waals surface area contributed by atoms with E-state index in [1.54, 1.807) is 34.6 Å². The van der Waals surface area contributed by atoms with Crippen molar-refractivity contribution in [3.8, 4) is 5.69 Å². The van der Waals surface area contributed by atoms with E-state index in [2.05, 4.69) is 15.4 Å². The molecule has 3 rings (SSSR count). The molecule has 0 aliphatic carbocycles. The van der Waals surface area contributed by atoms with Gasteiger partial charge in [-0.2, -0.15) is 5.10 Å². The molecule has 6 nitrogen and oxygen atoms in total. The van der Waals surface area contributed by atoms with E-state index in [1.807, 2.05) is 12.1 Å². The molecule has 0 saturated carbocycles. The molecule has 20 heavy (non-hydrogen) atoms. The summed E-state index contributed by atoms with van der Waals surface area (Å²) in [6, 6.07) is 9.02. The fourth-order valence-electron chi connectivity index (χ4n) is 1.73. The van der Waals surface area contributed by atoms with Crippen molar-refractivity contribution in [3.05, 3.63) is 53.2 Å². The lowest BCUT2D eigenvalue weighted by Gasteiger charge is -2.06. The second kappa shape index (κ2) is 5.14. The van der Waals surface area contributed by atoms with E-state index in [9.17, 15) is 4.79 Å². The SMILES string of the molecule is Nc1ccsc1C(=O)Nc1ccc(-n2cncn2)cc1. The molecule has 1 amide bonds. The monoisotopic (exact) mass is 285 g/mol. The summed E-state index contributed by atoms with van der Waals surface area (Å²) < 4.78 is 1.64. The summed E-state index contributed by atoms with van der Waals surface area (Å²) in [5.74, 6) is -0.203. The molecule has 7 heteroatoms. The van der Waals surface area contributed by atoms with Gasteiger partial charge in [0, 0.05) is 5.69 Å². The van der Waals surface area contributed by atoms with Gasteiger partial charge in [-0.15, -0.1) is 11.3 Å². The Morgan fingerprint density at radius 2 is 2.05 bits per heavy atom. The van der Waals surface area contributed by atoms with Crippen LogP contribution in [0.3, 0.4) is 0 Å². The van der Waals surface area contributed by atoms with Crippen LogP contribution in [0.15, 0.2) is 48.4 Å². The lowest BCUT2D eigenvalue weighted by Crippen LogP contribution is -2.11. The van der Waals surface area contributed by atoms with E-state index in [1.165, 1.54) is 17.7 Å². The molecule has 0 saturated heterocycles. The molecule has 0 spiro atoms. The highest BCUT2D eigenvalue weighted by atomic mass is 32.1. The Labute approximate surface area is 118 Å². The van der Waals surface area contributed by atoms with Crippen molar-refractivity contribution < 1.29 is 4.79 Å². The van der Waals surface area contributed by atoms with Crippen molar-refractivity contribution in [1.82, 2.24) is 14.8 Å². The second-order valence-electron chi connectivity index (χ2n) is 4.05. The fraction of sp³-hybridized carbons (Fsp3) is 0. The number of hydrogen-bond donors (Lipinski definition) is 2. The molecule has 0 unspecified atom stereocenters.